The number of H-pyrrole nitrogens is 1. The summed E-state index contributed by atoms with van der Waals surface area (Å²) in [6, 6.07) is 10.5. The second-order valence-corrected chi connectivity index (χ2v) is 19.3. The maximum atomic E-state index is 15.4. The van der Waals surface area contributed by atoms with E-state index in [4.69, 9.17) is 4.98 Å². The molecule has 11 atom stereocenters. The molecule has 1 saturated heterocycles. The SMILES string of the molecule is C=C(C)[C@@H]1CC[C@]2(C(=O)N3CCC[C@@H]3c3ncc(-c4ccccc4)[nH]3)CC[C@]3(C)[C@H](CC[C@@H]4[C@@]5(C)CC[C@H](C)C(C)(C)[C@@H]5CC[C@]43C)[C@@H]12. The minimum absolute atomic E-state index is 0.0442. The van der Waals surface area contributed by atoms with E-state index in [1.165, 1.54) is 50.5 Å². The highest BCUT2D eigenvalue weighted by molar-refractivity contribution is 5.84. The Labute approximate surface area is 291 Å². The normalized spacial score (nSPS) is 44.7. The van der Waals surface area contributed by atoms with Gasteiger partial charge in [-0.2, -0.15) is 0 Å². The van der Waals surface area contributed by atoms with Crippen molar-refractivity contribution in [2.45, 2.75) is 132 Å². The van der Waals surface area contributed by atoms with Crippen molar-refractivity contribution in [2.24, 2.45) is 62.6 Å². The van der Waals surface area contributed by atoms with Gasteiger partial charge in [0.15, 0.2) is 0 Å². The number of nitrogens with zero attached hydrogens (tertiary/aromatic N) is 2. The summed E-state index contributed by atoms with van der Waals surface area (Å²) in [6.45, 7) is 23.7. The summed E-state index contributed by atoms with van der Waals surface area (Å²) >= 11 is 0. The Morgan fingerprint density at radius 3 is 2.40 bits per heavy atom. The van der Waals surface area contributed by atoms with Gasteiger partial charge in [-0.25, -0.2) is 4.98 Å². The third kappa shape index (κ3) is 4.31. The van der Waals surface area contributed by atoms with Gasteiger partial charge in [0.25, 0.3) is 0 Å². The summed E-state index contributed by atoms with van der Waals surface area (Å²) in [6.07, 6.45) is 16.6. The van der Waals surface area contributed by atoms with Gasteiger partial charge in [0.2, 0.25) is 5.91 Å². The van der Waals surface area contributed by atoms with Gasteiger partial charge in [-0.1, -0.05) is 84.0 Å². The highest BCUT2D eigenvalue weighted by atomic mass is 16.2. The number of hydrogen-bond acceptors (Lipinski definition) is 2. The summed E-state index contributed by atoms with van der Waals surface area (Å²) in [4.78, 5) is 26.2. The van der Waals surface area contributed by atoms with Gasteiger partial charge in [0, 0.05) is 6.54 Å². The van der Waals surface area contributed by atoms with Crippen LogP contribution in [0, 0.1) is 62.6 Å². The number of imidazole rings is 1. The summed E-state index contributed by atoms with van der Waals surface area (Å²) in [7, 11) is 0. The molecule has 1 N–H and O–H groups in total. The lowest BCUT2D eigenvalue weighted by atomic mass is 9.32. The van der Waals surface area contributed by atoms with E-state index in [1.54, 1.807) is 0 Å². The van der Waals surface area contributed by atoms with E-state index in [9.17, 15) is 0 Å². The lowest BCUT2D eigenvalue weighted by Gasteiger charge is -2.73. The minimum atomic E-state index is -0.266. The van der Waals surface area contributed by atoms with Crippen LogP contribution in [0.15, 0.2) is 48.7 Å². The topological polar surface area (TPSA) is 49.0 Å². The third-order valence-electron chi connectivity index (χ3n) is 17.6. The third-order valence-corrected chi connectivity index (χ3v) is 17.6. The molecule has 2 aromatic rings. The second-order valence-electron chi connectivity index (χ2n) is 19.3. The number of nitrogens with one attached hydrogen (secondary N) is 1. The van der Waals surface area contributed by atoms with Crippen LogP contribution in [0.25, 0.3) is 11.3 Å². The molecule has 4 heteroatoms. The van der Waals surface area contributed by atoms with E-state index in [0.29, 0.717) is 39.9 Å². The zero-order valence-corrected chi connectivity index (χ0v) is 31.2. The van der Waals surface area contributed by atoms with E-state index in [0.717, 1.165) is 73.5 Å². The number of hydrogen-bond donors (Lipinski definition) is 1. The van der Waals surface area contributed by atoms with Crippen LogP contribution < -0.4 is 0 Å². The number of likely N-dealkylation sites (tertiary alicyclic amines) is 1. The Kier molecular flexibility index (Phi) is 7.57. The molecule has 2 heterocycles. The number of aromatic nitrogens is 2. The molecule has 5 saturated carbocycles. The average molecular weight is 650 g/mol. The molecule has 1 aromatic heterocycles. The molecule has 48 heavy (non-hydrogen) atoms. The number of allylic oxidation sites excluding steroid dienone is 1. The van der Waals surface area contributed by atoms with Crippen LogP contribution in [0.3, 0.4) is 0 Å². The average Bonchev–Trinajstić information content (AvgIpc) is 3.82. The standard InChI is InChI=1S/C44H63N3O/c1-28(2)31-19-23-44(39(48)47-26-12-15-34(47)38-45-27-33(46-38)30-13-10-9-11-14-30)25-24-42(7)32(37(31)44)16-17-36-41(6)21-18-29(3)40(4,5)35(41)20-22-43(36,42)8/h9-11,13-14,27,29,31-32,34-37H,1,12,15-26H2,2-8H3,(H,45,46)/t29-,31-,32+,34+,35-,36+,37+,41-,42+,43+,44-/m0/s1. The first-order chi connectivity index (χ1) is 22.8. The van der Waals surface area contributed by atoms with Crippen LogP contribution in [-0.2, 0) is 4.79 Å². The Hall–Kier alpha value is -2.36. The quantitative estimate of drug-likeness (QED) is 0.335. The molecule has 1 amide bonds. The largest absolute Gasteiger partial charge is 0.340 e. The van der Waals surface area contributed by atoms with Gasteiger partial charge in [0.1, 0.15) is 5.82 Å². The molecule has 4 nitrogen and oxygen atoms in total. The Morgan fingerprint density at radius 1 is 0.875 bits per heavy atom. The van der Waals surface area contributed by atoms with Crippen molar-refractivity contribution >= 4 is 5.91 Å². The molecule has 6 aliphatic rings. The molecule has 6 fully saturated rings. The number of fused-ring (bicyclic) bond motifs is 7. The molecule has 5 aliphatic carbocycles. The molecule has 1 aliphatic heterocycles. The summed E-state index contributed by atoms with van der Waals surface area (Å²) in [5.74, 6) is 5.27. The molecule has 260 valence electrons. The number of carbonyl (C=O) groups is 1. The second kappa shape index (κ2) is 11.1. The van der Waals surface area contributed by atoms with Crippen molar-refractivity contribution in [2.75, 3.05) is 6.54 Å². The molecule has 0 radical (unpaired) electrons. The van der Waals surface area contributed by atoms with Gasteiger partial charge in [-0.05, 0) is 147 Å². The number of benzene rings is 1. The predicted molar refractivity (Wildman–Crippen MR) is 196 cm³/mol. The van der Waals surface area contributed by atoms with Crippen LogP contribution in [-0.4, -0.2) is 27.3 Å². The van der Waals surface area contributed by atoms with Gasteiger partial charge < -0.3 is 9.88 Å². The van der Waals surface area contributed by atoms with Gasteiger partial charge in [-0.15, -0.1) is 0 Å². The lowest BCUT2D eigenvalue weighted by molar-refractivity contribution is -0.242. The smallest absolute Gasteiger partial charge is 0.229 e. The predicted octanol–water partition coefficient (Wildman–Crippen LogP) is 11.0. The van der Waals surface area contributed by atoms with E-state index < -0.39 is 0 Å². The maximum Gasteiger partial charge on any atom is 0.229 e. The number of aromatic amines is 1. The summed E-state index contributed by atoms with van der Waals surface area (Å²) < 4.78 is 0. The van der Waals surface area contributed by atoms with Crippen LogP contribution in [0.5, 0.6) is 0 Å². The number of rotatable bonds is 4. The van der Waals surface area contributed by atoms with Gasteiger partial charge in [0.05, 0.1) is 23.3 Å². The van der Waals surface area contributed by atoms with Gasteiger partial charge >= 0.3 is 0 Å². The van der Waals surface area contributed by atoms with Crippen molar-refractivity contribution in [3.63, 3.8) is 0 Å². The summed E-state index contributed by atoms with van der Waals surface area (Å²) in [5.41, 5.74) is 4.68. The molecule has 0 spiro atoms. The Bertz CT molecular complexity index is 1570. The van der Waals surface area contributed by atoms with Crippen molar-refractivity contribution in [3.8, 4) is 11.3 Å². The highest BCUT2D eigenvalue weighted by Crippen LogP contribution is 2.78. The molecule has 0 unspecified atom stereocenters. The van der Waals surface area contributed by atoms with E-state index in [-0.39, 0.29) is 16.9 Å². The van der Waals surface area contributed by atoms with Gasteiger partial charge in [-0.3, -0.25) is 4.79 Å². The highest BCUT2D eigenvalue weighted by Gasteiger charge is 2.72. The fraction of sp³-hybridized carbons (Fsp3) is 0.727. The van der Waals surface area contributed by atoms with E-state index in [2.05, 4.69) is 95.3 Å². The minimum Gasteiger partial charge on any atom is -0.340 e. The zero-order valence-electron chi connectivity index (χ0n) is 31.2. The molecule has 1 aromatic carbocycles. The molecule has 0 bridgehead atoms. The van der Waals surface area contributed by atoms with Crippen molar-refractivity contribution in [1.29, 1.82) is 0 Å². The number of amides is 1. The van der Waals surface area contributed by atoms with E-state index in [1.807, 2.05) is 6.20 Å². The Morgan fingerprint density at radius 2 is 1.65 bits per heavy atom. The van der Waals surface area contributed by atoms with Crippen LogP contribution >= 0.6 is 0 Å². The zero-order chi connectivity index (χ0) is 33.9. The van der Waals surface area contributed by atoms with Crippen LogP contribution in [0.4, 0.5) is 0 Å². The fourth-order valence-electron chi connectivity index (χ4n) is 14.5. The molecular formula is C44H63N3O. The first-order valence-electron chi connectivity index (χ1n) is 19.8. The Balaban J connectivity index is 1.12. The molecular weight excluding hydrogens is 587 g/mol. The molecule has 8 rings (SSSR count). The monoisotopic (exact) mass is 649 g/mol. The fourth-order valence-corrected chi connectivity index (χ4v) is 14.5. The summed E-state index contributed by atoms with van der Waals surface area (Å²) in [5, 5.41) is 0. The lowest BCUT2D eigenvalue weighted by Crippen LogP contribution is -2.67. The van der Waals surface area contributed by atoms with Crippen LogP contribution in [0.1, 0.15) is 137 Å². The van der Waals surface area contributed by atoms with E-state index >= 15 is 4.79 Å². The first kappa shape index (κ1) is 32.8. The van der Waals surface area contributed by atoms with Crippen molar-refractivity contribution in [3.05, 3.63) is 54.5 Å². The van der Waals surface area contributed by atoms with Crippen molar-refractivity contribution < 1.29 is 4.79 Å². The maximum absolute atomic E-state index is 15.4. The first-order valence-corrected chi connectivity index (χ1v) is 19.8. The number of carbonyl (C=O) groups excluding carboxylic acids is 1. The van der Waals surface area contributed by atoms with Crippen molar-refractivity contribution in [1.82, 2.24) is 14.9 Å². The van der Waals surface area contributed by atoms with Crippen LogP contribution in [0.2, 0.25) is 0 Å².